The van der Waals surface area contributed by atoms with Crippen LogP contribution in [-0.2, 0) is 0 Å². The summed E-state index contributed by atoms with van der Waals surface area (Å²) >= 11 is 0.936. The molecule has 0 bridgehead atoms. The molecule has 194 valence electrons. The van der Waals surface area contributed by atoms with Crippen molar-refractivity contribution in [2.24, 2.45) is 5.73 Å². The van der Waals surface area contributed by atoms with E-state index < -0.39 is 29.7 Å². The summed E-state index contributed by atoms with van der Waals surface area (Å²) in [5.41, 5.74) is 6.43. The van der Waals surface area contributed by atoms with Crippen LogP contribution in [0.1, 0.15) is 66.4 Å². The number of carbonyl (C=O) groups excluding carboxylic acids is 1. The Balaban J connectivity index is 1.65. The average Bonchev–Trinajstić information content (AvgIpc) is 3.50. The van der Waals surface area contributed by atoms with Gasteiger partial charge < -0.3 is 25.7 Å². The zero-order valence-electron chi connectivity index (χ0n) is 20.2. The molecule has 4 rings (SSSR count). The third-order valence-corrected chi connectivity index (χ3v) is 6.82. The number of hydrogen-bond acceptors (Lipinski definition) is 9. The third-order valence-electron chi connectivity index (χ3n) is 5.75. The number of amides is 1. The number of primary amides is 1. The number of pyridine rings is 1. The number of aryl methyl sites for hydroxylation is 1. The SMILES string of the molecule is CCC(O)c1cc(F)c(-c2cc(C(N)=O)c(Nc3ccc(-c4nnc(C(O)CC)o4)c(C)n3)s2)c(F)c1. The quantitative estimate of drug-likeness (QED) is 0.232. The van der Waals surface area contributed by atoms with Crippen molar-refractivity contribution in [2.45, 2.75) is 45.8 Å². The van der Waals surface area contributed by atoms with E-state index in [1.165, 1.54) is 6.07 Å². The smallest absolute Gasteiger partial charge is 0.251 e. The van der Waals surface area contributed by atoms with Crippen LogP contribution >= 0.6 is 11.3 Å². The molecule has 0 aliphatic heterocycles. The van der Waals surface area contributed by atoms with Crippen LogP contribution in [0.4, 0.5) is 19.6 Å². The molecule has 9 nitrogen and oxygen atoms in total. The minimum absolute atomic E-state index is 0.0371. The molecule has 3 aromatic heterocycles. The molecule has 3 heterocycles. The lowest BCUT2D eigenvalue weighted by molar-refractivity contribution is 0.100. The van der Waals surface area contributed by atoms with Crippen molar-refractivity contribution in [3.63, 3.8) is 0 Å². The summed E-state index contributed by atoms with van der Waals surface area (Å²) in [5.74, 6) is -1.88. The molecule has 0 spiro atoms. The minimum atomic E-state index is -0.993. The number of hydrogen-bond donors (Lipinski definition) is 4. The van der Waals surface area contributed by atoms with E-state index in [1.54, 1.807) is 32.9 Å². The molecular formula is C25H25F2N5O4S. The van der Waals surface area contributed by atoms with Crippen molar-refractivity contribution in [3.8, 4) is 21.9 Å². The summed E-state index contributed by atoms with van der Waals surface area (Å²) in [6.45, 7) is 5.20. The van der Waals surface area contributed by atoms with E-state index in [2.05, 4.69) is 20.5 Å². The summed E-state index contributed by atoms with van der Waals surface area (Å²) < 4.78 is 35.3. The van der Waals surface area contributed by atoms with Crippen LogP contribution in [0.15, 0.2) is 34.7 Å². The lowest BCUT2D eigenvalue weighted by Crippen LogP contribution is -2.11. The van der Waals surface area contributed by atoms with Gasteiger partial charge in [0.25, 0.3) is 5.91 Å². The molecule has 2 atom stereocenters. The number of nitrogens with one attached hydrogen (secondary N) is 1. The first kappa shape index (κ1) is 26.3. The number of anilines is 2. The first-order valence-electron chi connectivity index (χ1n) is 11.5. The van der Waals surface area contributed by atoms with Crippen molar-refractivity contribution in [3.05, 3.63) is 64.7 Å². The number of rotatable bonds is 9. The highest BCUT2D eigenvalue weighted by atomic mass is 32.1. The molecular weight excluding hydrogens is 504 g/mol. The Hall–Kier alpha value is -3.74. The monoisotopic (exact) mass is 529 g/mol. The Morgan fingerprint density at radius 1 is 1.11 bits per heavy atom. The first-order valence-corrected chi connectivity index (χ1v) is 12.3. The summed E-state index contributed by atoms with van der Waals surface area (Å²) in [7, 11) is 0. The van der Waals surface area contributed by atoms with Gasteiger partial charge in [0, 0.05) is 4.88 Å². The molecule has 0 saturated heterocycles. The maximum Gasteiger partial charge on any atom is 0.251 e. The number of thiophene rings is 1. The predicted molar refractivity (Wildman–Crippen MR) is 134 cm³/mol. The van der Waals surface area contributed by atoms with E-state index in [0.29, 0.717) is 29.9 Å². The maximum absolute atomic E-state index is 14.9. The Morgan fingerprint density at radius 3 is 2.38 bits per heavy atom. The standard InChI is InChI=1S/C25H25F2N5O4S/c1-4-17(33)12-8-15(26)21(16(27)9-12)19-10-14(22(28)35)25(37-19)30-20-7-6-13(11(3)29-20)23-31-32-24(36-23)18(34)5-2/h6-10,17-18,33-34H,4-5H2,1-3H3,(H2,28,35)(H,29,30). The Labute approximate surface area is 215 Å². The number of nitrogens with two attached hydrogens (primary N) is 1. The van der Waals surface area contributed by atoms with Crippen molar-refractivity contribution in [2.75, 3.05) is 5.32 Å². The minimum Gasteiger partial charge on any atom is -0.418 e. The fraction of sp³-hybridized carbons (Fsp3) is 0.280. The molecule has 1 amide bonds. The number of aromatic nitrogens is 3. The van der Waals surface area contributed by atoms with Crippen LogP contribution < -0.4 is 11.1 Å². The normalized spacial score (nSPS) is 12.9. The second-order valence-corrected chi connectivity index (χ2v) is 9.38. The second kappa shape index (κ2) is 10.7. The van der Waals surface area contributed by atoms with Gasteiger partial charge >= 0.3 is 0 Å². The number of carbonyl (C=O) groups is 1. The summed E-state index contributed by atoms with van der Waals surface area (Å²) in [6, 6.07) is 6.75. The van der Waals surface area contributed by atoms with Gasteiger partial charge in [0.1, 0.15) is 28.6 Å². The fourth-order valence-electron chi connectivity index (χ4n) is 3.67. The van der Waals surface area contributed by atoms with E-state index in [0.717, 1.165) is 23.5 Å². The Morgan fingerprint density at radius 2 is 1.78 bits per heavy atom. The maximum atomic E-state index is 14.9. The molecule has 2 unspecified atom stereocenters. The van der Waals surface area contributed by atoms with Crippen molar-refractivity contribution < 1.29 is 28.2 Å². The second-order valence-electron chi connectivity index (χ2n) is 8.33. The molecule has 1 aromatic carbocycles. The van der Waals surface area contributed by atoms with Crippen molar-refractivity contribution in [1.82, 2.24) is 15.2 Å². The third kappa shape index (κ3) is 5.36. The van der Waals surface area contributed by atoms with Crippen LogP contribution in [0, 0.1) is 18.6 Å². The molecule has 37 heavy (non-hydrogen) atoms. The molecule has 0 fully saturated rings. The van der Waals surface area contributed by atoms with Crippen LogP contribution in [0.2, 0.25) is 0 Å². The Kier molecular flexibility index (Phi) is 7.62. The molecule has 0 aliphatic rings. The van der Waals surface area contributed by atoms with Gasteiger partial charge in [-0.05, 0) is 55.7 Å². The van der Waals surface area contributed by atoms with Gasteiger partial charge in [0.15, 0.2) is 0 Å². The predicted octanol–water partition coefficient (Wildman–Crippen LogP) is 5.18. The largest absolute Gasteiger partial charge is 0.418 e. The molecule has 12 heteroatoms. The number of nitrogens with zero attached hydrogens (tertiary/aromatic N) is 3. The highest BCUT2D eigenvalue weighted by Gasteiger charge is 2.22. The highest BCUT2D eigenvalue weighted by molar-refractivity contribution is 7.20. The number of benzene rings is 1. The van der Waals surface area contributed by atoms with Crippen LogP contribution in [0.25, 0.3) is 21.9 Å². The van der Waals surface area contributed by atoms with E-state index in [1.807, 2.05) is 0 Å². The molecule has 0 saturated carbocycles. The number of aliphatic hydroxyl groups excluding tert-OH is 2. The molecule has 4 aromatic rings. The summed E-state index contributed by atoms with van der Waals surface area (Å²) in [6.07, 6.45) is -1.13. The van der Waals surface area contributed by atoms with Crippen LogP contribution in [0.3, 0.4) is 0 Å². The van der Waals surface area contributed by atoms with Gasteiger partial charge in [-0.3, -0.25) is 4.79 Å². The van der Waals surface area contributed by atoms with Crippen molar-refractivity contribution >= 4 is 28.1 Å². The van der Waals surface area contributed by atoms with Gasteiger partial charge in [-0.1, -0.05) is 13.8 Å². The van der Waals surface area contributed by atoms with E-state index >= 15 is 0 Å². The molecule has 5 N–H and O–H groups in total. The highest BCUT2D eigenvalue weighted by Crippen LogP contribution is 2.40. The van der Waals surface area contributed by atoms with Crippen LogP contribution in [0.5, 0.6) is 0 Å². The van der Waals surface area contributed by atoms with E-state index in [4.69, 9.17) is 10.2 Å². The lowest BCUT2D eigenvalue weighted by atomic mass is 10.0. The number of aliphatic hydroxyl groups is 2. The lowest BCUT2D eigenvalue weighted by Gasteiger charge is -2.11. The topological polar surface area (TPSA) is 147 Å². The Bertz CT molecular complexity index is 1430. The van der Waals surface area contributed by atoms with Gasteiger partial charge in [-0.15, -0.1) is 21.5 Å². The molecule has 0 aliphatic carbocycles. The van der Waals surface area contributed by atoms with Gasteiger partial charge in [0.2, 0.25) is 11.8 Å². The average molecular weight is 530 g/mol. The van der Waals surface area contributed by atoms with E-state index in [9.17, 15) is 23.8 Å². The van der Waals surface area contributed by atoms with E-state index in [-0.39, 0.29) is 38.4 Å². The van der Waals surface area contributed by atoms with Gasteiger partial charge in [-0.2, -0.15) is 0 Å². The van der Waals surface area contributed by atoms with Gasteiger partial charge in [0.05, 0.1) is 28.5 Å². The fourth-order valence-corrected chi connectivity index (χ4v) is 4.79. The zero-order chi connectivity index (χ0) is 26.9. The van der Waals surface area contributed by atoms with Crippen molar-refractivity contribution in [1.29, 1.82) is 0 Å². The first-order chi connectivity index (χ1) is 17.6. The van der Waals surface area contributed by atoms with Gasteiger partial charge in [-0.25, -0.2) is 13.8 Å². The molecule has 0 radical (unpaired) electrons. The summed E-state index contributed by atoms with van der Waals surface area (Å²) in [5, 5.41) is 30.9. The summed E-state index contributed by atoms with van der Waals surface area (Å²) in [4.78, 5) is 16.7. The number of halogens is 2. The van der Waals surface area contributed by atoms with Crippen LogP contribution in [-0.4, -0.2) is 31.3 Å². The zero-order valence-corrected chi connectivity index (χ0v) is 21.1.